The number of hydrogen-bond donors (Lipinski definition) is 3. The highest BCUT2D eigenvalue weighted by atomic mass is 16.3. The second kappa shape index (κ2) is 7.23. The van der Waals surface area contributed by atoms with Gasteiger partial charge in [-0.15, -0.1) is 0 Å². The Labute approximate surface area is 185 Å². The number of allylic oxidation sites excluding steroid dienone is 1. The summed E-state index contributed by atoms with van der Waals surface area (Å²) in [5, 5.41) is 32.6. The zero-order chi connectivity index (χ0) is 22.2. The molecule has 0 aliphatic heterocycles. The van der Waals surface area contributed by atoms with Gasteiger partial charge in [-0.25, -0.2) is 0 Å². The van der Waals surface area contributed by atoms with Crippen LogP contribution < -0.4 is 0 Å². The van der Waals surface area contributed by atoms with Gasteiger partial charge in [-0.3, -0.25) is 9.59 Å². The van der Waals surface area contributed by atoms with Crippen LogP contribution in [0.1, 0.15) is 78.1 Å². The molecule has 5 nitrogen and oxygen atoms in total. The van der Waals surface area contributed by atoms with Crippen molar-refractivity contribution < 1.29 is 24.9 Å². The number of carbonyl (C=O) groups is 2. The quantitative estimate of drug-likeness (QED) is 0.639. The Bertz CT molecular complexity index is 813. The largest absolute Gasteiger partial charge is 0.393 e. The Balaban J connectivity index is 1.56. The van der Waals surface area contributed by atoms with E-state index in [1.807, 2.05) is 13.0 Å². The van der Waals surface area contributed by atoms with Crippen LogP contribution in [0.3, 0.4) is 0 Å². The van der Waals surface area contributed by atoms with Crippen LogP contribution in [0.2, 0.25) is 0 Å². The summed E-state index contributed by atoms with van der Waals surface area (Å²) in [6.45, 7) is 3.63. The van der Waals surface area contributed by atoms with Crippen molar-refractivity contribution in [2.45, 2.75) is 89.8 Å². The maximum absolute atomic E-state index is 12.7. The minimum Gasteiger partial charge on any atom is -0.393 e. The van der Waals surface area contributed by atoms with Gasteiger partial charge in [0.15, 0.2) is 11.6 Å². The van der Waals surface area contributed by atoms with Crippen LogP contribution >= 0.6 is 0 Å². The maximum Gasteiger partial charge on any atom is 0.190 e. The van der Waals surface area contributed by atoms with Gasteiger partial charge in [-0.1, -0.05) is 45.1 Å². The van der Waals surface area contributed by atoms with E-state index >= 15 is 0 Å². The lowest BCUT2D eigenvalue weighted by Gasteiger charge is -2.63. The van der Waals surface area contributed by atoms with E-state index in [9.17, 15) is 24.9 Å². The molecule has 5 rings (SSSR count). The number of Topliss-reactive ketones (excluding diaryl/α,β-unsaturated/α-hetero) is 1. The van der Waals surface area contributed by atoms with Crippen molar-refractivity contribution >= 4 is 11.6 Å². The summed E-state index contributed by atoms with van der Waals surface area (Å²) >= 11 is 0. The molecule has 0 aromatic heterocycles. The molecule has 1 unspecified atom stereocenters. The number of aliphatic hydroxyl groups is 3. The first-order valence-corrected chi connectivity index (χ1v) is 12.5. The predicted octanol–water partition coefficient (Wildman–Crippen LogP) is 3.20. The minimum atomic E-state index is -1.55. The summed E-state index contributed by atoms with van der Waals surface area (Å²) in [7, 11) is 0. The molecule has 8 atom stereocenters. The molecule has 0 saturated heterocycles. The third kappa shape index (κ3) is 2.78. The molecule has 0 amide bonds. The number of hydrogen-bond acceptors (Lipinski definition) is 5. The van der Waals surface area contributed by atoms with E-state index in [2.05, 4.69) is 6.92 Å². The van der Waals surface area contributed by atoms with Crippen molar-refractivity contribution in [3.63, 3.8) is 0 Å². The minimum absolute atomic E-state index is 0.0656. The first-order valence-electron chi connectivity index (χ1n) is 12.5. The van der Waals surface area contributed by atoms with Crippen LogP contribution in [0.4, 0.5) is 0 Å². The molecule has 0 aromatic carbocycles. The number of fused-ring (bicyclic) bond motifs is 5. The van der Waals surface area contributed by atoms with E-state index in [-0.39, 0.29) is 34.9 Å². The summed E-state index contributed by atoms with van der Waals surface area (Å²) in [6, 6.07) is 0. The van der Waals surface area contributed by atoms with Crippen molar-refractivity contribution in [3.8, 4) is 0 Å². The Morgan fingerprint density at radius 3 is 2.52 bits per heavy atom. The molecule has 0 heterocycles. The fourth-order valence-corrected chi connectivity index (χ4v) is 9.41. The third-order valence-electron chi connectivity index (χ3n) is 10.8. The molecule has 0 spiro atoms. The van der Waals surface area contributed by atoms with Gasteiger partial charge >= 0.3 is 0 Å². The Kier molecular flexibility index (Phi) is 5.08. The van der Waals surface area contributed by atoms with Gasteiger partial charge < -0.3 is 15.3 Å². The van der Waals surface area contributed by atoms with E-state index in [1.165, 1.54) is 31.3 Å². The van der Waals surface area contributed by atoms with Crippen LogP contribution in [-0.4, -0.2) is 45.2 Å². The van der Waals surface area contributed by atoms with Crippen molar-refractivity contribution in [1.82, 2.24) is 0 Å². The highest BCUT2D eigenvalue weighted by Gasteiger charge is 2.69. The molecule has 5 aliphatic rings. The van der Waals surface area contributed by atoms with Crippen molar-refractivity contribution in [2.75, 3.05) is 6.61 Å². The van der Waals surface area contributed by atoms with Gasteiger partial charge in [-0.2, -0.15) is 0 Å². The monoisotopic (exact) mass is 430 g/mol. The van der Waals surface area contributed by atoms with Gasteiger partial charge in [0.25, 0.3) is 0 Å². The smallest absolute Gasteiger partial charge is 0.190 e. The average molecular weight is 431 g/mol. The Hall–Kier alpha value is -1.04. The van der Waals surface area contributed by atoms with E-state index in [1.54, 1.807) is 0 Å². The Morgan fingerprint density at radius 1 is 1.13 bits per heavy atom. The Morgan fingerprint density at radius 2 is 1.84 bits per heavy atom. The van der Waals surface area contributed by atoms with E-state index in [0.717, 1.165) is 19.3 Å². The summed E-state index contributed by atoms with van der Waals surface area (Å²) < 4.78 is 0. The molecule has 4 fully saturated rings. The maximum atomic E-state index is 12.7. The number of rotatable bonds is 3. The third-order valence-corrected chi connectivity index (χ3v) is 10.8. The molecule has 5 heteroatoms. The summed E-state index contributed by atoms with van der Waals surface area (Å²) in [5.74, 6) is 1.03. The van der Waals surface area contributed by atoms with Crippen LogP contribution in [0.25, 0.3) is 0 Å². The van der Waals surface area contributed by atoms with E-state index in [4.69, 9.17) is 0 Å². The number of aliphatic hydroxyl groups excluding tert-OH is 2. The molecule has 0 aromatic rings. The molecule has 31 heavy (non-hydrogen) atoms. The molecular weight excluding hydrogens is 392 g/mol. The lowest BCUT2D eigenvalue weighted by atomic mass is 9.42. The SMILES string of the molecule is C[C@]12C[C@H](O)[C@H]3[C@@H](CCC4=CC(=O)CC(C5CCCC5)[C@@]43C)[C@@H]1CC[C@]2(O)C(=O)CO. The van der Waals surface area contributed by atoms with Crippen LogP contribution in [0, 0.1) is 40.4 Å². The van der Waals surface area contributed by atoms with Gasteiger partial charge in [0, 0.05) is 11.8 Å². The molecule has 0 radical (unpaired) electrons. The average Bonchev–Trinajstić information content (AvgIpc) is 3.34. The van der Waals surface area contributed by atoms with E-state index in [0.29, 0.717) is 25.2 Å². The van der Waals surface area contributed by atoms with Gasteiger partial charge in [0.1, 0.15) is 12.2 Å². The standard InChI is InChI=1S/C26H38O5/c1-24-13-21(29)23-18(19(24)9-10-26(24,31)22(30)14-27)8-7-16-11-17(28)12-20(25(16,23)2)15-5-3-4-6-15/h11,15,18-21,23,27,29,31H,3-10,12-14H2,1-2H3/t18-,19-,20?,21-,23+,24-,25+,26-/m0/s1. The zero-order valence-corrected chi connectivity index (χ0v) is 19.0. The lowest BCUT2D eigenvalue weighted by molar-refractivity contribution is -0.188. The molecule has 3 N–H and O–H groups in total. The molecule has 0 bridgehead atoms. The molecular formula is C26H38O5. The fourth-order valence-electron chi connectivity index (χ4n) is 9.41. The summed E-state index contributed by atoms with van der Waals surface area (Å²) in [5.41, 5.74) is -1.21. The van der Waals surface area contributed by atoms with Crippen LogP contribution in [0.15, 0.2) is 11.6 Å². The van der Waals surface area contributed by atoms with Crippen molar-refractivity contribution in [1.29, 1.82) is 0 Å². The zero-order valence-electron chi connectivity index (χ0n) is 19.0. The number of ketones is 2. The first-order chi connectivity index (χ1) is 14.7. The van der Waals surface area contributed by atoms with E-state index < -0.39 is 29.5 Å². The summed E-state index contributed by atoms with van der Waals surface area (Å²) in [6.07, 6.45) is 9.98. The predicted molar refractivity (Wildman–Crippen MR) is 116 cm³/mol. The summed E-state index contributed by atoms with van der Waals surface area (Å²) in [4.78, 5) is 25.3. The van der Waals surface area contributed by atoms with Crippen LogP contribution in [0.5, 0.6) is 0 Å². The van der Waals surface area contributed by atoms with Gasteiger partial charge in [-0.05, 0) is 73.2 Å². The van der Waals surface area contributed by atoms with Crippen molar-refractivity contribution in [2.24, 2.45) is 40.4 Å². The second-order valence-electron chi connectivity index (χ2n) is 11.8. The van der Waals surface area contributed by atoms with Gasteiger partial charge in [0.2, 0.25) is 0 Å². The van der Waals surface area contributed by atoms with Crippen molar-refractivity contribution in [3.05, 3.63) is 11.6 Å². The molecule has 4 saturated carbocycles. The van der Waals surface area contributed by atoms with Gasteiger partial charge in [0.05, 0.1) is 6.10 Å². The number of carbonyl (C=O) groups excluding carboxylic acids is 2. The lowest BCUT2D eigenvalue weighted by Crippen LogP contribution is -2.63. The topological polar surface area (TPSA) is 94.8 Å². The highest BCUT2D eigenvalue weighted by molar-refractivity contribution is 5.92. The molecule has 172 valence electrons. The second-order valence-corrected chi connectivity index (χ2v) is 11.8. The highest BCUT2D eigenvalue weighted by Crippen LogP contribution is 2.69. The fraction of sp³-hybridized carbons (Fsp3) is 0.846. The first kappa shape index (κ1) is 21.8. The normalized spacial score (nSPS) is 49.9. The van der Waals surface area contributed by atoms with Crippen LogP contribution in [-0.2, 0) is 9.59 Å². The molecule has 5 aliphatic carbocycles.